The Morgan fingerprint density at radius 2 is 1.77 bits per heavy atom. The second-order valence-electron chi connectivity index (χ2n) is 5.64. The fraction of sp³-hybridized carbons (Fsp3) is 0.211. The molecule has 0 fully saturated rings. The maximum absolute atomic E-state index is 12.1. The number of rotatable bonds is 3. The summed E-state index contributed by atoms with van der Waals surface area (Å²) >= 11 is 0. The number of carbonyl (C=O) groups is 1. The summed E-state index contributed by atoms with van der Waals surface area (Å²) in [7, 11) is 2.10. The van der Waals surface area contributed by atoms with Gasteiger partial charge in [-0.1, -0.05) is 30.3 Å². The number of hydrogen-bond acceptors (Lipinski definition) is 2. The third-order valence-corrected chi connectivity index (χ3v) is 3.88. The highest BCUT2D eigenvalue weighted by molar-refractivity contribution is 6.04. The van der Waals surface area contributed by atoms with Gasteiger partial charge in [-0.15, -0.1) is 0 Å². The van der Waals surface area contributed by atoms with Gasteiger partial charge in [0, 0.05) is 31.0 Å². The summed E-state index contributed by atoms with van der Waals surface area (Å²) in [5, 5.41) is 2.93. The van der Waals surface area contributed by atoms with Crippen LogP contribution < -0.4 is 5.32 Å². The fourth-order valence-corrected chi connectivity index (χ4v) is 2.69. The molecule has 0 saturated carbocycles. The van der Waals surface area contributed by atoms with Crippen molar-refractivity contribution < 1.29 is 4.79 Å². The Balaban J connectivity index is 1.71. The van der Waals surface area contributed by atoms with Crippen LogP contribution in [0.1, 0.15) is 28.8 Å². The first-order valence-electron chi connectivity index (χ1n) is 7.60. The molecule has 1 aliphatic rings. The zero-order valence-corrected chi connectivity index (χ0v) is 12.8. The van der Waals surface area contributed by atoms with Crippen molar-refractivity contribution in [2.45, 2.75) is 12.8 Å². The molecule has 2 aromatic rings. The SMILES string of the molecule is CN1C=C(c2ccc(NC(=O)c3ccccc3)cc2)CCC1. The Morgan fingerprint density at radius 3 is 2.45 bits per heavy atom. The van der Waals surface area contributed by atoms with Crippen LogP contribution in [0.4, 0.5) is 5.69 Å². The molecule has 0 aliphatic carbocycles. The average Bonchev–Trinajstić information content (AvgIpc) is 2.56. The van der Waals surface area contributed by atoms with Crippen LogP contribution in [-0.4, -0.2) is 24.4 Å². The second-order valence-corrected chi connectivity index (χ2v) is 5.64. The van der Waals surface area contributed by atoms with E-state index in [0.717, 1.165) is 18.7 Å². The van der Waals surface area contributed by atoms with Crippen molar-refractivity contribution in [1.82, 2.24) is 4.90 Å². The molecule has 0 unspecified atom stereocenters. The van der Waals surface area contributed by atoms with Crippen molar-refractivity contribution in [3.8, 4) is 0 Å². The monoisotopic (exact) mass is 292 g/mol. The van der Waals surface area contributed by atoms with Crippen LogP contribution in [0.5, 0.6) is 0 Å². The van der Waals surface area contributed by atoms with Crippen LogP contribution in [0, 0.1) is 0 Å². The molecule has 1 heterocycles. The number of allylic oxidation sites excluding steroid dienone is 1. The number of amides is 1. The van der Waals surface area contributed by atoms with Crippen LogP contribution in [0.3, 0.4) is 0 Å². The van der Waals surface area contributed by atoms with Crippen molar-refractivity contribution in [1.29, 1.82) is 0 Å². The molecule has 0 saturated heterocycles. The predicted molar refractivity (Wildman–Crippen MR) is 90.7 cm³/mol. The first kappa shape index (κ1) is 14.4. The Kier molecular flexibility index (Phi) is 4.24. The lowest BCUT2D eigenvalue weighted by atomic mass is 9.99. The minimum Gasteiger partial charge on any atom is -0.380 e. The number of anilines is 1. The van der Waals surface area contributed by atoms with Crippen molar-refractivity contribution in [3.05, 3.63) is 71.9 Å². The normalized spacial score (nSPS) is 14.4. The van der Waals surface area contributed by atoms with Crippen LogP contribution >= 0.6 is 0 Å². The topological polar surface area (TPSA) is 32.3 Å². The molecular formula is C19H20N2O. The lowest BCUT2D eigenvalue weighted by Gasteiger charge is -2.22. The zero-order chi connectivity index (χ0) is 15.4. The van der Waals surface area contributed by atoms with E-state index in [-0.39, 0.29) is 5.91 Å². The number of nitrogens with one attached hydrogen (secondary N) is 1. The highest BCUT2D eigenvalue weighted by atomic mass is 16.1. The molecule has 3 heteroatoms. The van der Waals surface area contributed by atoms with E-state index in [1.165, 1.54) is 17.6 Å². The summed E-state index contributed by atoms with van der Waals surface area (Å²) in [5.41, 5.74) is 4.07. The van der Waals surface area contributed by atoms with Crippen molar-refractivity contribution >= 4 is 17.2 Å². The van der Waals surface area contributed by atoms with Gasteiger partial charge in [0.25, 0.3) is 5.91 Å². The van der Waals surface area contributed by atoms with E-state index in [4.69, 9.17) is 0 Å². The summed E-state index contributed by atoms with van der Waals surface area (Å²) in [4.78, 5) is 14.3. The molecule has 3 rings (SSSR count). The van der Waals surface area contributed by atoms with Gasteiger partial charge in [0.15, 0.2) is 0 Å². The molecule has 1 N–H and O–H groups in total. The van der Waals surface area contributed by atoms with Gasteiger partial charge in [-0.3, -0.25) is 4.79 Å². The van der Waals surface area contributed by atoms with Gasteiger partial charge in [-0.05, 0) is 48.2 Å². The fourth-order valence-electron chi connectivity index (χ4n) is 2.69. The number of nitrogens with zero attached hydrogens (tertiary/aromatic N) is 1. The third kappa shape index (κ3) is 3.37. The highest BCUT2D eigenvalue weighted by Gasteiger charge is 2.10. The van der Waals surface area contributed by atoms with Crippen LogP contribution in [0.15, 0.2) is 60.8 Å². The average molecular weight is 292 g/mol. The lowest BCUT2D eigenvalue weighted by molar-refractivity contribution is 0.102. The minimum absolute atomic E-state index is 0.0787. The van der Waals surface area contributed by atoms with Crippen LogP contribution in [-0.2, 0) is 0 Å². The Hall–Kier alpha value is -2.55. The molecule has 0 aromatic heterocycles. The summed E-state index contributed by atoms with van der Waals surface area (Å²) in [5.74, 6) is -0.0787. The van der Waals surface area contributed by atoms with Crippen LogP contribution in [0.2, 0.25) is 0 Å². The maximum Gasteiger partial charge on any atom is 0.255 e. The van der Waals surface area contributed by atoms with Crippen LogP contribution in [0.25, 0.3) is 5.57 Å². The Labute approximate surface area is 131 Å². The molecule has 112 valence electrons. The molecule has 0 spiro atoms. The molecule has 1 aliphatic heterocycles. The molecule has 3 nitrogen and oxygen atoms in total. The van der Waals surface area contributed by atoms with Gasteiger partial charge >= 0.3 is 0 Å². The zero-order valence-electron chi connectivity index (χ0n) is 12.8. The van der Waals surface area contributed by atoms with Gasteiger partial charge in [0.2, 0.25) is 0 Å². The molecule has 1 amide bonds. The molecule has 2 aromatic carbocycles. The summed E-state index contributed by atoms with van der Waals surface area (Å²) in [6.07, 6.45) is 4.51. The van der Waals surface area contributed by atoms with E-state index in [0.29, 0.717) is 5.56 Å². The van der Waals surface area contributed by atoms with Gasteiger partial charge in [0.05, 0.1) is 0 Å². The summed E-state index contributed by atoms with van der Waals surface area (Å²) in [6, 6.07) is 17.3. The maximum atomic E-state index is 12.1. The highest BCUT2D eigenvalue weighted by Crippen LogP contribution is 2.25. The number of benzene rings is 2. The van der Waals surface area contributed by atoms with E-state index < -0.39 is 0 Å². The molecule has 0 bridgehead atoms. The first-order chi connectivity index (χ1) is 10.7. The van der Waals surface area contributed by atoms with Gasteiger partial charge in [0.1, 0.15) is 0 Å². The number of carbonyl (C=O) groups excluding carboxylic acids is 1. The Morgan fingerprint density at radius 1 is 1.05 bits per heavy atom. The lowest BCUT2D eigenvalue weighted by Crippen LogP contribution is -2.17. The van der Waals surface area contributed by atoms with E-state index in [2.05, 4.69) is 35.6 Å². The van der Waals surface area contributed by atoms with Gasteiger partial charge in [-0.2, -0.15) is 0 Å². The van der Waals surface area contributed by atoms with Gasteiger partial charge in [-0.25, -0.2) is 0 Å². The molecule has 0 atom stereocenters. The van der Waals surface area contributed by atoms with Crippen molar-refractivity contribution in [2.24, 2.45) is 0 Å². The Bertz CT molecular complexity index is 674. The predicted octanol–water partition coefficient (Wildman–Crippen LogP) is 4.01. The van der Waals surface area contributed by atoms with Crippen molar-refractivity contribution in [2.75, 3.05) is 18.9 Å². The quantitative estimate of drug-likeness (QED) is 0.927. The van der Waals surface area contributed by atoms with E-state index >= 15 is 0 Å². The molecule has 22 heavy (non-hydrogen) atoms. The van der Waals surface area contributed by atoms with E-state index in [1.54, 1.807) is 0 Å². The van der Waals surface area contributed by atoms with E-state index in [1.807, 2.05) is 42.5 Å². The minimum atomic E-state index is -0.0787. The first-order valence-corrected chi connectivity index (χ1v) is 7.60. The largest absolute Gasteiger partial charge is 0.380 e. The van der Waals surface area contributed by atoms with Gasteiger partial charge < -0.3 is 10.2 Å². The third-order valence-electron chi connectivity index (χ3n) is 3.88. The second kappa shape index (κ2) is 6.48. The smallest absolute Gasteiger partial charge is 0.255 e. The standard InChI is InChI=1S/C19H20N2O/c1-21-13-5-8-17(14-21)15-9-11-18(12-10-15)20-19(22)16-6-3-2-4-7-16/h2-4,6-7,9-12,14H,5,8,13H2,1H3,(H,20,22). The summed E-state index contributed by atoms with van der Waals surface area (Å²) < 4.78 is 0. The number of hydrogen-bond donors (Lipinski definition) is 1. The molecular weight excluding hydrogens is 272 g/mol. The van der Waals surface area contributed by atoms with Crippen molar-refractivity contribution in [3.63, 3.8) is 0 Å². The molecule has 0 radical (unpaired) electrons. The summed E-state index contributed by atoms with van der Waals surface area (Å²) in [6.45, 7) is 1.12. The van der Waals surface area contributed by atoms with E-state index in [9.17, 15) is 4.79 Å².